The van der Waals surface area contributed by atoms with Crippen LogP contribution in [0.15, 0.2) is 0 Å². The van der Waals surface area contributed by atoms with Crippen LogP contribution in [-0.2, 0) is 14.3 Å². The molecule has 0 radical (unpaired) electrons. The maximum atomic E-state index is 9.10. The van der Waals surface area contributed by atoms with Crippen molar-refractivity contribution in [2.75, 3.05) is 20.0 Å². The molecular weight excluding hydrogens is 152 g/mol. The van der Waals surface area contributed by atoms with E-state index in [0.29, 0.717) is 5.75 Å². The first kappa shape index (κ1) is 12.6. The highest BCUT2D eigenvalue weighted by molar-refractivity contribution is 7.80. The van der Waals surface area contributed by atoms with Gasteiger partial charge in [-0.3, -0.25) is 0 Å². The van der Waals surface area contributed by atoms with Gasteiger partial charge in [-0.25, -0.2) is 0 Å². The molecule has 0 atom stereocenters. The van der Waals surface area contributed by atoms with Crippen molar-refractivity contribution >= 4 is 18.9 Å². The van der Waals surface area contributed by atoms with E-state index >= 15 is 0 Å². The topological polar surface area (TPSA) is 35.5 Å². The molecule has 4 heteroatoms. The van der Waals surface area contributed by atoms with Crippen LogP contribution in [0.5, 0.6) is 0 Å². The Balaban J connectivity index is 0. The highest BCUT2D eigenvalue weighted by atomic mass is 32.1. The Morgan fingerprint density at radius 2 is 1.80 bits per heavy atom. The molecule has 0 unspecified atom stereocenters. The standard InChI is InChI=1S/C4H10O2.C2H4OS/c1-4(5-2)6-3;3-1-2-4/h4H,1-3H3;1,4H,2H2. The van der Waals surface area contributed by atoms with Gasteiger partial charge in [0.2, 0.25) is 0 Å². The SMILES string of the molecule is COC(C)OC.O=CCS. The molecule has 0 saturated carbocycles. The second kappa shape index (κ2) is 11.7. The van der Waals surface area contributed by atoms with Crippen molar-refractivity contribution < 1.29 is 14.3 Å². The third-order valence-electron chi connectivity index (χ3n) is 0.738. The second-order valence-electron chi connectivity index (χ2n) is 1.39. The molecule has 0 aromatic carbocycles. The van der Waals surface area contributed by atoms with E-state index < -0.39 is 0 Å². The summed E-state index contributed by atoms with van der Waals surface area (Å²) in [4.78, 5) is 9.10. The Morgan fingerprint density at radius 3 is 1.80 bits per heavy atom. The van der Waals surface area contributed by atoms with Gasteiger partial charge >= 0.3 is 0 Å². The minimum Gasteiger partial charge on any atom is -0.356 e. The Kier molecular flexibility index (Phi) is 14.7. The molecule has 0 N–H and O–H groups in total. The zero-order valence-corrected chi connectivity index (χ0v) is 7.43. The molecule has 0 aliphatic carbocycles. The number of aldehydes is 1. The van der Waals surface area contributed by atoms with Crippen molar-refractivity contribution in [3.63, 3.8) is 0 Å². The number of rotatable bonds is 3. The molecule has 0 fully saturated rings. The zero-order valence-electron chi connectivity index (χ0n) is 6.53. The van der Waals surface area contributed by atoms with Crippen LogP contribution in [0.3, 0.4) is 0 Å². The van der Waals surface area contributed by atoms with E-state index in [1.54, 1.807) is 14.2 Å². The molecule has 0 aliphatic heterocycles. The van der Waals surface area contributed by atoms with Crippen molar-refractivity contribution in [3.8, 4) is 0 Å². The van der Waals surface area contributed by atoms with Crippen molar-refractivity contribution in [2.24, 2.45) is 0 Å². The van der Waals surface area contributed by atoms with Crippen LogP contribution >= 0.6 is 12.6 Å². The van der Waals surface area contributed by atoms with E-state index in [1.165, 1.54) is 0 Å². The number of carbonyl (C=O) groups is 1. The van der Waals surface area contributed by atoms with Crippen molar-refractivity contribution in [1.82, 2.24) is 0 Å². The fraction of sp³-hybridized carbons (Fsp3) is 0.833. The molecule has 0 aliphatic rings. The minimum absolute atomic E-state index is 0.0648. The van der Waals surface area contributed by atoms with Gasteiger partial charge in [0.15, 0.2) is 6.29 Å². The van der Waals surface area contributed by atoms with Crippen LogP contribution in [0, 0.1) is 0 Å². The Morgan fingerprint density at radius 1 is 1.50 bits per heavy atom. The zero-order chi connectivity index (χ0) is 8.41. The average Bonchev–Trinajstić information content (AvgIpc) is 2.03. The number of thiol groups is 1. The fourth-order valence-corrected chi connectivity index (χ4v) is 0.0962. The fourth-order valence-electron chi connectivity index (χ4n) is 0.0962. The van der Waals surface area contributed by atoms with Crippen molar-refractivity contribution in [2.45, 2.75) is 13.2 Å². The van der Waals surface area contributed by atoms with Crippen LogP contribution in [-0.4, -0.2) is 32.5 Å². The summed E-state index contributed by atoms with van der Waals surface area (Å²) < 4.78 is 9.35. The normalized spacial score (nSPS) is 8.50. The number of ether oxygens (including phenoxy) is 2. The van der Waals surface area contributed by atoms with Gasteiger partial charge in [-0.1, -0.05) is 0 Å². The second-order valence-corrected chi connectivity index (χ2v) is 1.75. The van der Waals surface area contributed by atoms with Crippen LogP contribution in [0.2, 0.25) is 0 Å². The quantitative estimate of drug-likeness (QED) is 0.381. The summed E-state index contributed by atoms with van der Waals surface area (Å²) in [6, 6.07) is 0. The van der Waals surface area contributed by atoms with E-state index in [9.17, 15) is 0 Å². The summed E-state index contributed by atoms with van der Waals surface area (Å²) in [7, 11) is 3.21. The van der Waals surface area contributed by atoms with Gasteiger partial charge in [-0.15, -0.1) is 0 Å². The number of carbonyl (C=O) groups excluding carboxylic acids is 1. The van der Waals surface area contributed by atoms with Gasteiger partial charge in [0.25, 0.3) is 0 Å². The number of methoxy groups -OCH3 is 2. The monoisotopic (exact) mass is 166 g/mol. The summed E-state index contributed by atoms with van der Waals surface area (Å²) in [5, 5.41) is 0. The summed E-state index contributed by atoms with van der Waals surface area (Å²) in [6.07, 6.45) is 0.674. The molecule has 3 nitrogen and oxygen atoms in total. The maximum absolute atomic E-state index is 9.10. The first-order valence-corrected chi connectivity index (χ1v) is 3.46. The predicted octanol–water partition coefficient (Wildman–Crippen LogP) is 0.740. The molecule has 0 saturated heterocycles. The van der Waals surface area contributed by atoms with Gasteiger partial charge in [0, 0.05) is 20.0 Å². The summed E-state index contributed by atoms with van der Waals surface area (Å²) in [6.45, 7) is 1.83. The van der Waals surface area contributed by atoms with E-state index in [2.05, 4.69) is 22.1 Å². The Hall–Kier alpha value is -0.0600. The van der Waals surface area contributed by atoms with Gasteiger partial charge < -0.3 is 14.3 Å². The third-order valence-corrected chi connectivity index (χ3v) is 0.887. The van der Waals surface area contributed by atoms with E-state index in [4.69, 9.17) is 4.79 Å². The van der Waals surface area contributed by atoms with Crippen LogP contribution < -0.4 is 0 Å². The third kappa shape index (κ3) is 15.7. The number of hydrogen-bond acceptors (Lipinski definition) is 4. The van der Waals surface area contributed by atoms with Crippen LogP contribution in [0.25, 0.3) is 0 Å². The highest BCUT2D eigenvalue weighted by Crippen LogP contribution is 1.82. The molecule has 10 heavy (non-hydrogen) atoms. The van der Waals surface area contributed by atoms with Crippen molar-refractivity contribution in [3.05, 3.63) is 0 Å². The summed E-state index contributed by atoms with van der Waals surface area (Å²) in [5.74, 6) is 0.333. The summed E-state index contributed by atoms with van der Waals surface area (Å²) in [5.41, 5.74) is 0. The first-order valence-electron chi connectivity index (χ1n) is 2.83. The number of hydrogen-bond donors (Lipinski definition) is 1. The Bertz CT molecular complexity index is 64.0. The van der Waals surface area contributed by atoms with Crippen LogP contribution in [0.1, 0.15) is 6.92 Å². The lowest BCUT2D eigenvalue weighted by Gasteiger charge is -2.03. The van der Waals surface area contributed by atoms with E-state index in [-0.39, 0.29) is 6.29 Å². The predicted molar refractivity (Wildman–Crippen MR) is 43.4 cm³/mol. The molecular formula is C6H14O3S. The molecule has 62 valence electrons. The van der Waals surface area contributed by atoms with Gasteiger partial charge in [-0.2, -0.15) is 12.6 Å². The molecule has 0 spiro atoms. The molecule has 0 aromatic heterocycles. The smallest absolute Gasteiger partial charge is 0.154 e. The molecule has 0 heterocycles. The summed E-state index contributed by atoms with van der Waals surface area (Å²) >= 11 is 3.55. The first-order chi connectivity index (χ1) is 4.72. The van der Waals surface area contributed by atoms with Gasteiger partial charge in [-0.05, 0) is 6.92 Å². The highest BCUT2D eigenvalue weighted by Gasteiger charge is 1.87. The maximum Gasteiger partial charge on any atom is 0.154 e. The molecule has 0 rings (SSSR count). The van der Waals surface area contributed by atoms with E-state index in [1.807, 2.05) is 6.92 Å². The lowest BCUT2D eigenvalue weighted by atomic mass is 10.8. The largest absolute Gasteiger partial charge is 0.356 e. The average molecular weight is 166 g/mol. The van der Waals surface area contributed by atoms with Crippen molar-refractivity contribution in [1.29, 1.82) is 0 Å². The van der Waals surface area contributed by atoms with E-state index in [0.717, 1.165) is 6.29 Å². The lowest BCUT2D eigenvalue weighted by molar-refractivity contribution is -0.105. The van der Waals surface area contributed by atoms with Crippen LogP contribution in [0.4, 0.5) is 0 Å². The lowest BCUT2D eigenvalue weighted by Crippen LogP contribution is -2.05. The van der Waals surface area contributed by atoms with Gasteiger partial charge in [0.05, 0.1) is 0 Å². The minimum atomic E-state index is -0.0648. The molecule has 0 bridgehead atoms. The molecule has 0 amide bonds. The van der Waals surface area contributed by atoms with Gasteiger partial charge in [0.1, 0.15) is 6.29 Å². The molecule has 0 aromatic rings. The Labute approximate surface area is 67.1 Å².